The maximum Gasteiger partial charge on any atom is 0.348 e. The number of nitrogens with zero attached hydrogens (tertiary/aromatic N) is 3. The third-order valence-electron chi connectivity index (χ3n) is 5.44. The second-order valence-electron chi connectivity index (χ2n) is 7.57. The average Bonchev–Trinajstić information content (AvgIpc) is 3.35. The molecule has 0 bridgehead atoms. The first-order valence-corrected chi connectivity index (χ1v) is 11.0. The van der Waals surface area contributed by atoms with Crippen molar-refractivity contribution in [3.63, 3.8) is 0 Å². The Bertz CT molecular complexity index is 741. The summed E-state index contributed by atoms with van der Waals surface area (Å²) in [4.78, 5) is 31.3. The quantitative estimate of drug-likeness (QED) is 0.522. The van der Waals surface area contributed by atoms with E-state index in [1.54, 1.807) is 0 Å². The number of hydrogen-bond acceptors (Lipinski definition) is 6. The molecule has 2 fully saturated rings. The zero-order valence-corrected chi connectivity index (χ0v) is 16.6. The first kappa shape index (κ1) is 19.0. The lowest BCUT2D eigenvalue weighted by molar-refractivity contribution is -0.118. The highest BCUT2D eigenvalue weighted by Gasteiger charge is 2.25. The number of rotatable bonds is 8. The van der Waals surface area contributed by atoms with Crippen molar-refractivity contribution in [1.82, 2.24) is 19.8 Å². The van der Waals surface area contributed by atoms with Gasteiger partial charge in [0.2, 0.25) is 5.91 Å². The molecule has 1 N–H and O–H groups in total. The standard InChI is InChI=1S/C19H28N4O3S/c24-17(20-14-5-6-14)13-27-18-15-3-1-4-16(15)23(19(25)21-18)8-2-7-22-9-11-26-12-10-22/h14H,1-13H2,(H,20,24). The highest BCUT2D eigenvalue weighted by atomic mass is 32.2. The number of ether oxygens (including phenoxy) is 1. The average molecular weight is 393 g/mol. The minimum atomic E-state index is -0.164. The van der Waals surface area contributed by atoms with Crippen LogP contribution in [-0.2, 0) is 28.9 Å². The fraction of sp³-hybridized carbons (Fsp3) is 0.737. The van der Waals surface area contributed by atoms with Crippen LogP contribution >= 0.6 is 11.8 Å². The largest absolute Gasteiger partial charge is 0.379 e. The first-order chi connectivity index (χ1) is 13.2. The molecular weight excluding hydrogens is 364 g/mol. The van der Waals surface area contributed by atoms with Crippen molar-refractivity contribution in [1.29, 1.82) is 0 Å². The summed E-state index contributed by atoms with van der Waals surface area (Å²) in [6.07, 6.45) is 6.08. The van der Waals surface area contributed by atoms with Gasteiger partial charge in [-0.3, -0.25) is 14.3 Å². The molecule has 148 valence electrons. The molecule has 1 aliphatic heterocycles. The molecule has 2 heterocycles. The van der Waals surface area contributed by atoms with Gasteiger partial charge in [0.15, 0.2) is 0 Å². The van der Waals surface area contributed by atoms with Gasteiger partial charge in [0.25, 0.3) is 0 Å². The molecule has 4 rings (SSSR count). The van der Waals surface area contributed by atoms with Crippen molar-refractivity contribution >= 4 is 17.7 Å². The van der Waals surface area contributed by atoms with E-state index in [1.807, 2.05) is 4.57 Å². The van der Waals surface area contributed by atoms with Crippen molar-refractivity contribution < 1.29 is 9.53 Å². The van der Waals surface area contributed by atoms with Gasteiger partial charge in [0, 0.05) is 43.5 Å². The highest BCUT2D eigenvalue weighted by Crippen LogP contribution is 2.29. The van der Waals surface area contributed by atoms with Crippen molar-refractivity contribution in [2.24, 2.45) is 0 Å². The van der Waals surface area contributed by atoms with Crippen molar-refractivity contribution in [2.75, 3.05) is 38.6 Å². The Hall–Kier alpha value is -1.38. The summed E-state index contributed by atoms with van der Waals surface area (Å²) in [7, 11) is 0. The van der Waals surface area contributed by atoms with Crippen LogP contribution in [0.3, 0.4) is 0 Å². The Morgan fingerprint density at radius 3 is 2.81 bits per heavy atom. The molecule has 1 amide bonds. The number of morpholine rings is 1. The molecular formula is C19H28N4O3S. The van der Waals surface area contributed by atoms with E-state index in [1.165, 1.54) is 17.3 Å². The predicted molar refractivity (Wildman–Crippen MR) is 104 cm³/mol. The minimum Gasteiger partial charge on any atom is -0.379 e. The molecule has 1 aromatic rings. The molecule has 3 aliphatic rings. The fourth-order valence-electron chi connectivity index (χ4n) is 3.84. The number of nitrogens with one attached hydrogen (secondary N) is 1. The van der Waals surface area contributed by atoms with Crippen LogP contribution in [0.1, 0.15) is 36.9 Å². The lowest BCUT2D eigenvalue weighted by atomic mass is 10.2. The van der Waals surface area contributed by atoms with E-state index in [9.17, 15) is 9.59 Å². The summed E-state index contributed by atoms with van der Waals surface area (Å²) >= 11 is 1.41. The van der Waals surface area contributed by atoms with Crippen molar-refractivity contribution in [2.45, 2.75) is 56.1 Å². The van der Waals surface area contributed by atoms with E-state index in [0.717, 1.165) is 88.6 Å². The van der Waals surface area contributed by atoms with Gasteiger partial charge in [-0.1, -0.05) is 11.8 Å². The molecule has 0 unspecified atom stereocenters. The Balaban J connectivity index is 1.38. The second-order valence-corrected chi connectivity index (χ2v) is 8.53. The van der Waals surface area contributed by atoms with Crippen LogP contribution in [0.2, 0.25) is 0 Å². The highest BCUT2D eigenvalue weighted by molar-refractivity contribution is 7.99. The molecule has 7 nitrogen and oxygen atoms in total. The Morgan fingerprint density at radius 2 is 2.04 bits per heavy atom. The number of carbonyl (C=O) groups excluding carboxylic acids is 1. The maximum absolute atomic E-state index is 12.6. The van der Waals surface area contributed by atoms with Gasteiger partial charge in [0.05, 0.1) is 19.0 Å². The summed E-state index contributed by atoms with van der Waals surface area (Å²) in [5, 5.41) is 3.76. The van der Waals surface area contributed by atoms with E-state index >= 15 is 0 Å². The lowest BCUT2D eigenvalue weighted by Gasteiger charge is -2.26. The van der Waals surface area contributed by atoms with E-state index < -0.39 is 0 Å². The molecule has 2 aliphatic carbocycles. The molecule has 0 spiro atoms. The monoisotopic (exact) mass is 392 g/mol. The number of fused-ring (bicyclic) bond motifs is 1. The first-order valence-electron chi connectivity index (χ1n) is 10.1. The fourth-order valence-corrected chi connectivity index (χ4v) is 4.73. The van der Waals surface area contributed by atoms with E-state index in [2.05, 4.69) is 15.2 Å². The topological polar surface area (TPSA) is 76.5 Å². The van der Waals surface area contributed by atoms with Gasteiger partial charge in [-0.2, -0.15) is 4.98 Å². The molecule has 8 heteroatoms. The van der Waals surface area contributed by atoms with Crippen LogP contribution < -0.4 is 11.0 Å². The van der Waals surface area contributed by atoms with Crippen molar-refractivity contribution in [3.05, 3.63) is 21.7 Å². The van der Waals surface area contributed by atoms with Gasteiger partial charge in [-0.15, -0.1) is 0 Å². The molecule has 0 atom stereocenters. The molecule has 1 saturated heterocycles. The smallest absolute Gasteiger partial charge is 0.348 e. The Labute approximate surface area is 163 Å². The molecule has 0 radical (unpaired) electrons. The molecule has 27 heavy (non-hydrogen) atoms. The SMILES string of the molecule is O=C(CSc1nc(=O)n(CCCN2CCOCC2)c2c1CCC2)NC1CC1. The van der Waals surface area contributed by atoms with Crippen molar-refractivity contribution in [3.8, 4) is 0 Å². The summed E-state index contributed by atoms with van der Waals surface area (Å²) in [5.41, 5.74) is 2.16. The summed E-state index contributed by atoms with van der Waals surface area (Å²) < 4.78 is 7.26. The van der Waals surface area contributed by atoms with Gasteiger partial charge in [0.1, 0.15) is 5.03 Å². The molecule has 0 aromatic carbocycles. The van der Waals surface area contributed by atoms with E-state index in [-0.39, 0.29) is 11.6 Å². The van der Waals surface area contributed by atoms with Crippen LogP contribution in [0.4, 0.5) is 0 Å². The van der Waals surface area contributed by atoms with Crippen LogP contribution in [0, 0.1) is 0 Å². The Morgan fingerprint density at radius 1 is 1.22 bits per heavy atom. The van der Waals surface area contributed by atoms with Gasteiger partial charge >= 0.3 is 5.69 Å². The van der Waals surface area contributed by atoms with Crippen LogP contribution in [-0.4, -0.2) is 65.0 Å². The maximum atomic E-state index is 12.6. The summed E-state index contributed by atoms with van der Waals surface area (Å²) in [6, 6.07) is 0.372. The van der Waals surface area contributed by atoms with E-state index in [4.69, 9.17) is 4.74 Å². The number of thioether (sulfide) groups is 1. The number of carbonyl (C=O) groups is 1. The second kappa shape index (κ2) is 8.75. The number of aromatic nitrogens is 2. The zero-order chi connectivity index (χ0) is 18.6. The minimum absolute atomic E-state index is 0.0470. The molecule has 1 saturated carbocycles. The zero-order valence-electron chi connectivity index (χ0n) is 15.7. The number of amides is 1. The van der Waals surface area contributed by atoms with Crippen LogP contribution in [0.25, 0.3) is 0 Å². The lowest BCUT2D eigenvalue weighted by Crippen LogP contribution is -2.37. The molecule has 1 aromatic heterocycles. The normalized spacial score (nSPS) is 19.9. The third-order valence-corrected chi connectivity index (χ3v) is 6.46. The summed E-state index contributed by atoms with van der Waals surface area (Å²) in [6.45, 7) is 5.27. The predicted octanol–water partition coefficient (Wildman–Crippen LogP) is 0.825. The Kier molecular flexibility index (Phi) is 6.14. The summed E-state index contributed by atoms with van der Waals surface area (Å²) in [5.74, 6) is 0.391. The third kappa shape index (κ3) is 4.92. The number of hydrogen-bond donors (Lipinski definition) is 1. The van der Waals surface area contributed by atoms with E-state index in [0.29, 0.717) is 11.8 Å². The van der Waals surface area contributed by atoms with Crippen LogP contribution in [0.15, 0.2) is 9.82 Å². The van der Waals surface area contributed by atoms with Crippen LogP contribution in [0.5, 0.6) is 0 Å². The van der Waals surface area contributed by atoms with Gasteiger partial charge < -0.3 is 10.1 Å². The van der Waals surface area contributed by atoms with Gasteiger partial charge in [-0.25, -0.2) is 4.79 Å². The van der Waals surface area contributed by atoms with Gasteiger partial charge in [-0.05, 0) is 38.5 Å².